The summed E-state index contributed by atoms with van der Waals surface area (Å²) in [7, 11) is 0. The second-order valence-corrected chi connectivity index (χ2v) is 7.66. The molecule has 1 N–H and O–H groups in total. The monoisotopic (exact) mass is 349 g/mol. The van der Waals surface area contributed by atoms with Crippen molar-refractivity contribution in [1.82, 2.24) is 5.32 Å². The lowest BCUT2D eigenvalue weighted by Crippen LogP contribution is -2.43. The van der Waals surface area contributed by atoms with Crippen molar-refractivity contribution in [2.24, 2.45) is 0 Å². The Balaban J connectivity index is 2.64. The number of hydrogen-bond donors (Lipinski definition) is 1. The van der Waals surface area contributed by atoms with E-state index in [1.54, 1.807) is 27.7 Å². The summed E-state index contributed by atoms with van der Waals surface area (Å²) in [6, 6.07) is 5.47. The Morgan fingerprint density at radius 3 is 2.20 bits per heavy atom. The fourth-order valence-electron chi connectivity index (χ4n) is 2.52. The highest BCUT2D eigenvalue weighted by Gasteiger charge is 2.25. The molecule has 5 nitrogen and oxygen atoms in total. The van der Waals surface area contributed by atoms with Crippen molar-refractivity contribution >= 4 is 12.1 Å². The number of hydrogen-bond acceptors (Lipinski definition) is 4. The molecule has 0 bridgehead atoms. The lowest BCUT2D eigenvalue weighted by atomic mass is 9.91. The molecule has 1 amide bonds. The molecule has 1 rings (SSSR count). The van der Waals surface area contributed by atoms with Crippen LogP contribution in [0.15, 0.2) is 18.2 Å². The third kappa shape index (κ3) is 6.77. The van der Waals surface area contributed by atoms with E-state index < -0.39 is 23.7 Å². The maximum atomic E-state index is 12.2. The molecule has 0 heterocycles. The average molecular weight is 349 g/mol. The molecule has 0 radical (unpaired) electrons. The van der Waals surface area contributed by atoms with Gasteiger partial charge in [0.25, 0.3) is 0 Å². The summed E-state index contributed by atoms with van der Waals surface area (Å²) in [6.07, 6.45) is -0.941. The third-order valence-corrected chi connectivity index (χ3v) is 4.01. The molecule has 0 saturated heterocycles. The zero-order valence-electron chi connectivity index (χ0n) is 16.6. The largest absolute Gasteiger partial charge is 0.461 e. The first-order chi connectivity index (χ1) is 11.4. The van der Waals surface area contributed by atoms with Gasteiger partial charge in [0.05, 0.1) is 0 Å². The maximum Gasteiger partial charge on any atom is 0.408 e. The maximum absolute atomic E-state index is 12.2. The Morgan fingerprint density at radius 2 is 1.68 bits per heavy atom. The van der Waals surface area contributed by atoms with Crippen LogP contribution >= 0.6 is 0 Å². The fourth-order valence-corrected chi connectivity index (χ4v) is 2.52. The van der Waals surface area contributed by atoms with E-state index >= 15 is 0 Å². The number of amides is 1. The van der Waals surface area contributed by atoms with Crippen molar-refractivity contribution in [1.29, 1.82) is 0 Å². The molecule has 3 atom stereocenters. The van der Waals surface area contributed by atoms with Crippen LogP contribution in [-0.4, -0.2) is 29.8 Å². The summed E-state index contributed by atoms with van der Waals surface area (Å²) in [5, 5.41) is 2.50. The van der Waals surface area contributed by atoms with Gasteiger partial charge in [-0.25, -0.2) is 9.59 Å². The van der Waals surface area contributed by atoms with Gasteiger partial charge in [-0.05, 0) is 59.6 Å². The van der Waals surface area contributed by atoms with Crippen molar-refractivity contribution in [3.8, 4) is 0 Å². The van der Waals surface area contributed by atoms with Gasteiger partial charge < -0.3 is 14.8 Å². The molecule has 140 valence electrons. The molecule has 0 fully saturated rings. The standard InChI is InChI=1S/C20H31NO4/c1-12-9-10-17(13(2)11-12)14(3)16(5)24-18(22)15(4)21-19(23)25-20(6,7)8/h9-11,14-16H,1-8H3,(H,21,23)/t14-,15+,16+/m1/s1. The lowest BCUT2D eigenvalue weighted by molar-refractivity contribution is -0.151. The number of carbonyl (C=O) groups excluding carboxylic acids is 2. The first-order valence-corrected chi connectivity index (χ1v) is 8.68. The first kappa shape index (κ1) is 21.0. The SMILES string of the molecule is Cc1ccc([C@H](C)[C@H](C)OC(=O)[C@H](C)NC(=O)OC(C)(C)C)c(C)c1. The number of ether oxygens (including phenoxy) is 2. The van der Waals surface area contributed by atoms with E-state index in [1.165, 1.54) is 11.1 Å². The van der Waals surface area contributed by atoms with Gasteiger partial charge in [0, 0.05) is 5.92 Å². The predicted molar refractivity (Wildman–Crippen MR) is 98.7 cm³/mol. The highest BCUT2D eigenvalue weighted by atomic mass is 16.6. The smallest absolute Gasteiger partial charge is 0.408 e. The van der Waals surface area contributed by atoms with Gasteiger partial charge >= 0.3 is 12.1 Å². The molecule has 0 aliphatic rings. The van der Waals surface area contributed by atoms with Crippen molar-refractivity contribution in [2.75, 3.05) is 0 Å². The van der Waals surface area contributed by atoms with Gasteiger partial charge in [-0.2, -0.15) is 0 Å². The Bertz CT molecular complexity index is 619. The van der Waals surface area contributed by atoms with E-state index in [-0.39, 0.29) is 12.0 Å². The number of rotatable bonds is 5. The number of nitrogens with one attached hydrogen (secondary N) is 1. The van der Waals surface area contributed by atoms with E-state index in [1.807, 2.05) is 13.8 Å². The minimum absolute atomic E-state index is 0.0540. The van der Waals surface area contributed by atoms with Gasteiger partial charge in [0.15, 0.2) is 0 Å². The molecule has 0 aliphatic carbocycles. The molecule has 1 aromatic carbocycles. The van der Waals surface area contributed by atoms with Crippen LogP contribution in [0.2, 0.25) is 0 Å². The van der Waals surface area contributed by atoms with Crippen molar-refractivity contribution in [2.45, 2.75) is 79.1 Å². The molecular weight excluding hydrogens is 318 g/mol. The summed E-state index contributed by atoms with van der Waals surface area (Å²) in [5.74, 6) is -0.423. The number of benzene rings is 1. The van der Waals surface area contributed by atoms with E-state index in [0.29, 0.717) is 0 Å². The van der Waals surface area contributed by atoms with Crippen LogP contribution in [0.25, 0.3) is 0 Å². The Kier molecular flexibility index (Phi) is 7.03. The Labute approximate surface area is 151 Å². The van der Waals surface area contributed by atoms with Crippen LogP contribution in [-0.2, 0) is 14.3 Å². The molecule has 0 aliphatic heterocycles. The van der Waals surface area contributed by atoms with Crippen LogP contribution in [0.1, 0.15) is 64.2 Å². The second-order valence-electron chi connectivity index (χ2n) is 7.66. The molecule has 0 aromatic heterocycles. The van der Waals surface area contributed by atoms with Gasteiger partial charge in [-0.3, -0.25) is 0 Å². The van der Waals surface area contributed by atoms with Gasteiger partial charge in [0.2, 0.25) is 0 Å². The molecule has 1 aromatic rings. The van der Waals surface area contributed by atoms with Crippen LogP contribution in [0.5, 0.6) is 0 Å². The van der Waals surface area contributed by atoms with Crippen LogP contribution < -0.4 is 5.32 Å². The minimum Gasteiger partial charge on any atom is -0.461 e. The molecule has 25 heavy (non-hydrogen) atoms. The minimum atomic E-state index is -0.774. The van der Waals surface area contributed by atoms with Crippen molar-refractivity contribution in [3.63, 3.8) is 0 Å². The molecular formula is C20H31NO4. The number of esters is 1. The summed E-state index contributed by atoms with van der Waals surface area (Å²) in [5.41, 5.74) is 2.92. The summed E-state index contributed by atoms with van der Waals surface area (Å²) in [6.45, 7) is 14.9. The fraction of sp³-hybridized carbons (Fsp3) is 0.600. The normalized spacial score (nSPS) is 15.0. The quantitative estimate of drug-likeness (QED) is 0.807. The van der Waals surface area contributed by atoms with Crippen LogP contribution in [0, 0.1) is 13.8 Å². The highest BCUT2D eigenvalue weighted by Crippen LogP contribution is 2.25. The molecule has 0 saturated carbocycles. The van der Waals surface area contributed by atoms with Gasteiger partial charge in [-0.15, -0.1) is 0 Å². The lowest BCUT2D eigenvalue weighted by Gasteiger charge is -2.25. The Hall–Kier alpha value is -2.04. The number of alkyl carbamates (subject to hydrolysis) is 1. The molecule has 0 unspecified atom stereocenters. The number of carbonyl (C=O) groups is 2. The van der Waals surface area contributed by atoms with E-state index in [2.05, 4.69) is 37.4 Å². The first-order valence-electron chi connectivity index (χ1n) is 8.68. The predicted octanol–water partition coefficient (Wildman–Crippen LogP) is 4.25. The van der Waals surface area contributed by atoms with Crippen LogP contribution in [0.4, 0.5) is 4.79 Å². The number of aryl methyl sites for hydroxylation is 2. The summed E-state index contributed by atoms with van der Waals surface area (Å²) in [4.78, 5) is 24.0. The van der Waals surface area contributed by atoms with E-state index in [0.717, 1.165) is 5.56 Å². The van der Waals surface area contributed by atoms with Crippen LogP contribution in [0.3, 0.4) is 0 Å². The third-order valence-electron chi connectivity index (χ3n) is 4.01. The van der Waals surface area contributed by atoms with E-state index in [4.69, 9.17) is 9.47 Å². The summed E-state index contributed by atoms with van der Waals surface area (Å²) < 4.78 is 10.7. The second kappa shape index (κ2) is 8.37. The van der Waals surface area contributed by atoms with Crippen molar-refractivity contribution < 1.29 is 19.1 Å². The average Bonchev–Trinajstić information content (AvgIpc) is 2.44. The topological polar surface area (TPSA) is 64.6 Å². The zero-order valence-corrected chi connectivity index (χ0v) is 16.6. The summed E-state index contributed by atoms with van der Waals surface area (Å²) >= 11 is 0. The van der Waals surface area contributed by atoms with Gasteiger partial charge in [0.1, 0.15) is 17.7 Å². The highest BCUT2D eigenvalue weighted by molar-refractivity contribution is 5.81. The molecule has 0 spiro atoms. The molecule has 5 heteroatoms. The van der Waals surface area contributed by atoms with Gasteiger partial charge in [-0.1, -0.05) is 30.7 Å². The van der Waals surface area contributed by atoms with Crippen molar-refractivity contribution in [3.05, 3.63) is 34.9 Å². The Morgan fingerprint density at radius 1 is 1.08 bits per heavy atom. The van der Waals surface area contributed by atoms with E-state index in [9.17, 15) is 9.59 Å². The zero-order chi connectivity index (χ0) is 19.4.